The van der Waals surface area contributed by atoms with E-state index in [-0.39, 0.29) is 16.9 Å². The molecular formula is C14H16N4O4. The number of aryl methyl sites for hydroxylation is 2. The van der Waals surface area contributed by atoms with Crippen LogP contribution in [0, 0.1) is 24.0 Å². The molecule has 1 atom stereocenters. The smallest absolute Gasteiger partial charge is 0.284 e. The van der Waals surface area contributed by atoms with Gasteiger partial charge in [-0.25, -0.2) is 0 Å². The first-order valence-corrected chi connectivity index (χ1v) is 6.59. The Morgan fingerprint density at radius 3 is 2.68 bits per heavy atom. The zero-order valence-electron chi connectivity index (χ0n) is 12.4. The quantitative estimate of drug-likeness (QED) is 0.507. The van der Waals surface area contributed by atoms with E-state index in [2.05, 4.69) is 10.5 Å². The van der Waals surface area contributed by atoms with Gasteiger partial charge < -0.3 is 15.6 Å². The third-order valence-electron chi connectivity index (χ3n) is 3.37. The van der Waals surface area contributed by atoms with E-state index in [9.17, 15) is 14.9 Å². The van der Waals surface area contributed by atoms with Gasteiger partial charge >= 0.3 is 0 Å². The van der Waals surface area contributed by atoms with Crippen LogP contribution in [-0.4, -0.2) is 16.0 Å². The number of hydrogen-bond donors (Lipinski definition) is 2. The topological polar surface area (TPSA) is 124 Å². The first-order valence-electron chi connectivity index (χ1n) is 6.59. The Hall–Kier alpha value is -2.90. The van der Waals surface area contributed by atoms with Crippen molar-refractivity contribution >= 4 is 17.3 Å². The average Bonchev–Trinajstić information content (AvgIpc) is 2.77. The number of amides is 1. The second-order valence-electron chi connectivity index (χ2n) is 4.93. The van der Waals surface area contributed by atoms with E-state index < -0.39 is 16.9 Å². The van der Waals surface area contributed by atoms with Crippen molar-refractivity contribution in [2.24, 2.45) is 0 Å². The maximum absolute atomic E-state index is 12.4. The van der Waals surface area contributed by atoms with E-state index in [1.807, 2.05) is 0 Å². The van der Waals surface area contributed by atoms with Crippen LogP contribution in [0.2, 0.25) is 0 Å². The highest BCUT2D eigenvalue weighted by atomic mass is 16.6. The number of nitrogens with zero attached hydrogens (tertiary/aromatic N) is 2. The lowest BCUT2D eigenvalue weighted by Crippen LogP contribution is -2.28. The summed E-state index contributed by atoms with van der Waals surface area (Å²) in [5, 5.41) is 17.6. The van der Waals surface area contributed by atoms with Crippen molar-refractivity contribution in [3.05, 3.63) is 50.9 Å². The normalized spacial score (nSPS) is 12.0. The van der Waals surface area contributed by atoms with E-state index in [4.69, 9.17) is 10.3 Å². The summed E-state index contributed by atoms with van der Waals surface area (Å²) in [6, 6.07) is 3.70. The summed E-state index contributed by atoms with van der Waals surface area (Å²) < 4.78 is 5.06. The van der Waals surface area contributed by atoms with E-state index in [1.54, 1.807) is 20.8 Å². The first-order chi connectivity index (χ1) is 10.3. The Morgan fingerprint density at radius 2 is 2.14 bits per heavy atom. The van der Waals surface area contributed by atoms with Gasteiger partial charge in [-0.05, 0) is 26.8 Å². The van der Waals surface area contributed by atoms with Gasteiger partial charge in [0.1, 0.15) is 11.3 Å². The summed E-state index contributed by atoms with van der Waals surface area (Å²) in [7, 11) is 0. The Morgan fingerprint density at radius 1 is 1.45 bits per heavy atom. The highest BCUT2D eigenvalue weighted by Gasteiger charge is 2.25. The first kappa shape index (κ1) is 15.5. The van der Waals surface area contributed by atoms with Crippen molar-refractivity contribution in [1.29, 1.82) is 0 Å². The molecule has 1 aromatic heterocycles. The van der Waals surface area contributed by atoms with Crippen molar-refractivity contribution < 1.29 is 14.2 Å². The van der Waals surface area contributed by atoms with Gasteiger partial charge in [0, 0.05) is 11.6 Å². The number of nitrogens with two attached hydrogens (primary N) is 1. The van der Waals surface area contributed by atoms with Crippen molar-refractivity contribution in [2.45, 2.75) is 26.8 Å². The van der Waals surface area contributed by atoms with Gasteiger partial charge in [0.2, 0.25) is 0 Å². The van der Waals surface area contributed by atoms with Crippen LogP contribution < -0.4 is 11.1 Å². The zero-order valence-corrected chi connectivity index (χ0v) is 12.4. The second-order valence-corrected chi connectivity index (χ2v) is 4.93. The third-order valence-corrected chi connectivity index (χ3v) is 3.37. The van der Waals surface area contributed by atoms with Gasteiger partial charge in [-0.2, -0.15) is 0 Å². The number of nitro benzene ring substituents is 1. The molecule has 1 unspecified atom stereocenters. The summed E-state index contributed by atoms with van der Waals surface area (Å²) in [6.45, 7) is 5.24. The number of aromatic nitrogens is 1. The molecule has 0 spiro atoms. The van der Waals surface area contributed by atoms with E-state index in [0.29, 0.717) is 11.5 Å². The van der Waals surface area contributed by atoms with Gasteiger partial charge in [-0.15, -0.1) is 0 Å². The molecule has 1 heterocycles. The maximum atomic E-state index is 12.4. The van der Waals surface area contributed by atoms with Gasteiger partial charge in [0.15, 0.2) is 0 Å². The number of carbonyl (C=O) groups excluding carboxylic acids is 1. The molecule has 0 aliphatic rings. The molecule has 0 bridgehead atoms. The highest BCUT2D eigenvalue weighted by Crippen LogP contribution is 2.26. The lowest BCUT2D eigenvalue weighted by Gasteiger charge is -2.14. The van der Waals surface area contributed by atoms with Crippen molar-refractivity contribution in [3.8, 4) is 0 Å². The monoisotopic (exact) mass is 304 g/mol. The molecule has 8 heteroatoms. The molecule has 0 fully saturated rings. The SMILES string of the molecule is Cc1noc(C)c1C(C)NC(=O)c1c(N)cccc1[N+](=O)[O-]. The summed E-state index contributed by atoms with van der Waals surface area (Å²) >= 11 is 0. The predicted octanol–water partition coefficient (Wildman–Crippen LogP) is 2.27. The zero-order chi connectivity index (χ0) is 16.4. The molecule has 22 heavy (non-hydrogen) atoms. The van der Waals surface area contributed by atoms with Crippen LogP contribution >= 0.6 is 0 Å². The summed E-state index contributed by atoms with van der Waals surface area (Å²) in [5.74, 6) is -0.0295. The van der Waals surface area contributed by atoms with Crippen LogP contribution in [0.25, 0.3) is 0 Å². The van der Waals surface area contributed by atoms with Gasteiger partial charge in [-0.1, -0.05) is 11.2 Å². The van der Waals surface area contributed by atoms with Gasteiger partial charge in [-0.3, -0.25) is 14.9 Å². The summed E-state index contributed by atoms with van der Waals surface area (Å²) in [4.78, 5) is 22.8. The number of hydrogen-bond acceptors (Lipinski definition) is 6. The molecule has 1 aromatic carbocycles. The fourth-order valence-corrected chi connectivity index (χ4v) is 2.41. The standard InChI is InChI=1S/C14H16N4O4/c1-7(12-8(2)17-22-9(12)3)16-14(19)13-10(15)5-4-6-11(13)18(20)21/h4-7H,15H2,1-3H3,(H,16,19). The lowest BCUT2D eigenvalue weighted by molar-refractivity contribution is -0.385. The number of nitro groups is 1. The summed E-state index contributed by atoms with van der Waals surface area (Å²) in [6.07, 6.45) is 0. The second kappa shape index (κ2) is 5.84. The molecule has 1 amide bonds. The van der Waals surface area contributed by atoms with Crippen LogP contribution in [0.3, 0.4) is 0 Å². The molecular weight excluding hydrogens is 288 g/mol. The Labute approximate surface area is 126 Å². The molecule has 0 radical (unpaired) electrons. The Kier molecular flexibility index (Phi) is 4.11. The van der Waals surface area contributed by atoms with Crippen LogP contribution in [0.5, 0.6) is 0 Å². The van der Waals surface area contributed by atoms with Crippen LogP contribution in [0.1, 0.15) is 40.3 Å². The van der Waals surface area contributed by atoms with Gasteiger partial charge in [0.25, 0.3) is 11.6 Å². The van der Waals surface area contributed by atoms with Crippen molar-refractivity contribution in [2.75, 3.05) is 5.73 Å². The third kappa shape index (κ3) is 2.76. The molecule has 8 nitrogen and oxygen atoms in total. The summed E-state index contributed by atoms with van der Waals surface area (Å²) in [5.41, 5.74) is 6.69. The number of nitrogen functional groups attached to an aromatic ring is 1. The van der Waals surface area contributed by atoms with E-state index in [0.717, 1.165) is 5.56 Å². The van der Waals surface area contributed by atoms with Crippen LogP contribution in [0.4, 0.5) is 11.4 Å². The fourth-order valence-electron chi connectivity index (χ4n) is 2.41. The Bertz CT molecular complexity index is 719. The number of carbonyl (C=O) groups is 1. The largest absolute Gasteiger partial charge is 0.398 e. The molecule has 0 aliphatic carbocycles. The molecule has 116 valence electrons. The highest BCUT2D eigenvalue weighted by molar-refractivity contribution is 6.03. The van der Waals surface area contributed by atoms with Crippen molar-refractivity contribution in [3.63, 3.8) is 0 Å². The molecule has 0 aliphatic heterocycles. The van der Waals surface area contributed by atoms with Crippen LogP contribution in [-0.2, 0) is 0 Å². The maximum Gasteiger partial charge on any atom is 0.284 e. The number of rotatable bonds is 4. The minimum atomic E-state index is -0.633. The molecule has 2 rings (SSSR count). The molecule has 2 aromatic rings. The number of benzene rings is 1. The van der Waals surface area contributed by atoms with E-state index in [1.165, 1.54) is 18.2 Å². The lowest BCUT2D eigenvalue weighted by atomic mass is 10.1. The molecule has 0 saturated carbocycles. The number of nitrogens with one attached hydrogen (secondary N) is 1. The molecule has 3 N–H and O–H groups in total. The fraction of sp³-hybridized carbons (Fsp3) is 0.286. The van der Waals surface area contributed by atoms with Crippen molar-refractivity contribution in [1.82, 2.24) is 10.5 Å². The average molecular weight is 304 g/mol. The predicted molar refractivity (Wildman–Crippen MR) is 79.4 cm³/mol. The van der Waals surface area contributed by atoms with Gasteiger partial charge in [0.05, 0.1) is 22.3 Å². The number of anilines is 1. The van der Waals surface area contributed by atoms with E-state index >= 15 is 0 Å². The minimum absolute atomic E-state index is 0.0534. The molecule has 0 saturated heterocycles. The van der Waals surface area contributed by atoms with Crippen LogP contribution in [0.15, 0.2) is 22.7 Å². The minimum Gasteiger partial charge on any atom is -0.398 e. The Balaban J connectivity index is 2.32.